The van der Waals surface area contributed by atoms with Crippen molar-refractivity contribution < 1.29 is 19.4 Å². The molecule has 0 bridgehead atoms. The Morgan fingerprint density at radius 2 is 1.91 bits per heavy atom. The van der Waals surface area contributed by atoms with Crippen LogP contribution in [0.4, 0.5) is 0 Å². The number of ether oxygens (including phenoxy) is 1. The van der Waals surface area contributed by atoms with Gasteiger partial charge in [0.2, 0.25) is 5.91 Å². The van der Waals surface area contributed by atoms with E-state index in [0.29, 0.717) is 24.8 Å². The fourth-order valence-electron chi connectivity index (χ4n) is 5.17. The van der Waals surface area contributed by atoms with Crippen LogP contribution in [0, 0.1) is 23.7 Å². The van der Waals surface area contributed by atoms with E-state index in [-0.39, 0.29) is 36.1 Å². The molecule has 5 nitrogen and oxygen atoms in total. The predicted octanol–water partition coefficient (Wildman–Crippen LogP) is 5.47. The Kier molecular flexibility index (Phi) is 10.6. The lowest BCUT2D eigenvalue weighted by Crippen LogP contribution is -2.28. The number of carbonyl (C=O) groups excluding carboxylic acids is 2. The number of hydrogen-bond donors (Lipinski definition) is 2. The van der Waals surface area contributed by atoms with E-state index in [4.69, 9.17) is 4.74 Å². The number of para-hydroxylation sites is 1. The molecule has 0 spiro atoms. The number of allylic oxidation sites excluding steroid dienone is 2. The molecule has 0 aromatic heterocycles. The second kappa shape index (κ2) is 13.7. The quantitative estimate of drug-likeness (QED) is 0.337. The number of nitrogens with one attached hydrogen (secondary N) is 1. The van der Waals surface area contributed by atoms with Gasteiger partial charge in [-0.1, -0.05) is 63.8 Å². The van der Waals surface area contributed by atoms with Crippen LogP contribution in [0.5, 0.6) is 5.75 Å². The van der Waals surface area contributed by atoms with Gasteiger partial charge in [-0.25, -0.2) is 0 Å². The normalized spacial score (nSPS) is 22.4. The number of rotatable bonds is 16. The second-order valence-corrected chi connectivity index (χ2v) is 10.4. The average molecular weight is 470 g/mol. The molecule has 1 aromatic rings. The minimum atomic E-state index is -0.549. The molecule has 1 fully saturated rings. The van der Waals surface area contributed by atoms with E-state index in [1.807, 2.05) is 30.3 Å². The molecule has 3 rings (SSSR count). The first kappa shape index (κ1) is 26.5. The van der Waals surface area contributed by atoms with Gasteiger partial charge in [0.15, 0.2) is 5.78 Å². The molecule has 1 saturated carbocycles. The lowest BCUT2D eigenvalue weighted by Gasteiger charge is -2.28. The first-order chi connectivity index (χ1) is 16.5. The van der Waals surface area contributed by atoms with Crippen molar-refractivity contribution in [3.05, 3.63) is 42.5 Å². The van der Waals surface area contributed by atoms with Crippen LogP contribution in [0.15, 0.2) is 42.5 Å². The van der Waals surface area contributed by atoms with Crippen LogP contribution in [0.3, 0.4) is 0 Å². The second-order valence-electron chi connectivity index (χ2n) is 10.4. The van der Waals surface area contributed by atoms with E-state index < -0.39 is 6.10 Å². The summed E-state index contributed by atoms with van der Waals surface area (Å²) in [4.78, 5) is 24.4. The number of benzene rings is 1. The van der Waals surface area contributed by atoms with Gasteiger partial charge in [0, 0.05) is 18.4 Å². The van der Waals surface area contributed by atoms with Gasteiger partial charge < -0.3 is 15.2 Å². The summed E-state index contributed by atoms with van der Waals surface area (Å²) in [7, 11) is 0. The molecule has 2 aliphatic rings. The lowest BCUT2D eigenvalue weighted by atomic mass is 9.77. The van der Waals surface area contributed by atoms with Gasteiger partial charge in [-0.2, -0.15) is 0 Å². The minimum Gasteiger partial charge on any atom is -0.491 e. The summed E-state index contributed by atoms with van der Waals surface area (Å²) in [6, 6.07) is 10.0. The maximum Gasteiger partial charge on any atom is 0.220 e. The van der Waals surface area contributed by atoms with Crippen molar-refractivity contribution in [3.63, 3.8) is 0 Å². The Morgan fingerprint density at radius 3 is 2.62 bits per heavy atom. The van der Waals surface area contributed by atoms with Crippen LogP contribution in [0.25, 0.3) is 0 Å². The van der Waals surface area contributed by atoms with Crippen molar-refractivity contribution in [2.45, 2.75) is 90.2 Å². The number of hydrogen-bond acceptors (Lipinski definition) is 4. The molecular weight excluding hydrogens is 426 g/mol. The Hall–Kier alpha value is -2.14. The third-order valence-corrected chi connectivity index (χ3v) is 7.40. The van der Waals surface area contributed by atoms with E-state index in [0.717, 1.165) is 57.1 Å². The minimum absolute atomic E-state index is 0.0312. The zero-order valence-corrected chi connectivity index (χ0v) is 21.0. The topological polar surface area (TPSA) is 75.6 Å². The molecule has 2 aliphatic carbocycles. The summed E-state index contributed by atoms with van der Waals surface area (Å²) < 4.78 is 5.72. The van der Waals surface area contributed by atoms with Gasteiger partial charge in [0.25, 0.3) is 0 Å². The van der Waals surface area contributed by atoms with E-state index in [9.17, 15) is 14.7 Å². The first-order valence-electron chi connectivity index (χ1n) is 13.3. The van der Waals surface area contributed by atoms with Crippen molar-refractivity contribution in [2.24, 2.45) is 23.7 Å². The largest absolute Gasteiger partial charge is 0.491 e. The number of aliphatic hydroxyl groups excluding tert-OH is 1. The number of amides is 1. The Balaban J connectivity index is 1.37. The molecule has 0 radical (unpaired) electrons. The SMILES string of the molecule is CCC(CC(O)COc1ccccc1)C1C=CC(=O)C1CCCC(C)CCCC(=O)NC1CC1. The van der Waals surface area contributed by atoms with Gasteiger partial charge in [-0.15, -0.1) is 0 Å². The van der Waals surface area contributed by atoms with Crippen LogP contribution >= 0.6 is 0 Å². The highest BCUT2D eigenvalue weighted by Gasteiger charge is 2.35. The van der Waals surface area contributed by atoms with Crippen molar-refractivity contribution in [1.29, 1.82) is 0 Å². The molecule has 2 N–H and O–H groups in total. The van der Waals surface area contributed by atoms with Crippen molar-refractivity contribution in [1.82, 2.24) is 5.32 Å². The Bertz CT molecular complexity index is 789. The molecule has 188 valence electrons. The number of ketones is 1. The van der Waals surface area contributed by atoms with Crippen LogP contribution in [-0.4, -0.2) is 35.5 Å². The maximum absolute atomic E-state index is 12.6. The smallest absolute Gasteiger partial charge is 0.220 e. The Labute approximate surface area is 205 Å². The highest BCUT2D eigenvalue weighted by Crippen LogP contribution is 2.37. The van der Waals surface area contributed by atoms with E-state index in [1.165, 1.54) is 0 Å². The third-order valence-electron chi connectivity index (χ3n) is 7.40. The summed E-state index contributed by atoms with van der Waals surface area (Å²) in [6.45, 7) is 4.67. The summed E-state index contributed by atoms with van der Waals surface area (Å²) in [5.41, 5.74) is 0. The summed E-state index contributed by atoms with van der Waals surface area (Å²) in [6.07, 6.45) is 12.8. The highest BCUT2D eigenvalue weighted by atomic mass is 16.5. The number of carbonyl (C=O) groups is 2. The molecule has 34 heavy (non-hydrogen) atoms. The van der Waals surface area contributed by atoms with Crippen LogP contribution in [0.1, 0.15) is 78.1 Å². The van der Waals surface area contributed by atoms with Gasteiger partial charge in [-0.05, 0) is 68.1 Å². The molecule has 5 atom stereocenters. The van der Waals surface area contributed by atoms with Crippen LogP contribution in [0.2, 0.25) is 0 Å². The molecule has 1 aromatic carbocycles. The Morgan fingerprint density at radius 1 is 1.18 bits per heavy atom. The molecule has 0 aliphatic heterocycles. The van der Waals surface area contributed by atoms with E-state index in [1.54, 1.807) is 6.08 Å². The first-order valence-corrected chi connectivity index (χ1v) is 13.3. The summed E-state index contributed by atoms with van der Waals surface area (Å²) in [5, 5.41) is 13.6. The zero-order valence-electron chi connectivity index (χ0n) is 21.0. The monoisotopic (exact) mass is 469 g/mol. The fourth-order valence-corrected chi connectivity index (χ4v) is 5.17. The van der Waals surface area contributed by atoms with Gasteiger partial charge in [0.1, 0.15) is 12.4 Å². The van der Waals surface area contributed by atoms with Gasteiger partial charge in [0.05, 0.1) is 6.10 Å². The van der Waals surface area contributed by atoms with Crippen molar-refractivity contribution in [2.75, 3.05) is 6.61 Å². The molecule has 5 heteroatoms. The van der Waals surface area contributed by atoms with Crippen LogP contribution < -0.4 is 10.1 Å². The molecule has 5 unspecified atom stereocenters. The van der Waals surface area contributed by atoms with Gasteiger partial charge >= 0.3 is 0 Å². The predicted molar refractivity (Wildman–Crippen MR) is 135 cm³/mol. The average Bonchev–Trinajstić information content (AvgIpc) is 3.57. The van der Waals surface area contributed by atoms with Crippen molar-refractivity contribution in [3.8, 4) is 5.75 Å². The highest BCUT2D eigenvalue weighted by molar-refractivity contribution is 5.94. The molecular formula is C29H43NO4. The van der Waals surface area contributed by atoms with Crippen molar-refractivity contribution >= 4 is 11.7 Å². The maximum atomic E-state index is 12.6. The number of aliphatic hydroxyl groups is 1. The fraction of sp³-hybridized carbons (Fsp3) is 0.655. The van der Waals surface area contributed by atoms with Gasteiger partial charge in [-0.3, -0.25) is 9.59 Å². The summed E-state index contributed by atoms with van der Waals surface area (Å²) >= 11 is 0. The third kappa shape index (κ3) is 8.90. The zero-order chi connectivity index (χ0) is 24.3. The standard InChI is InChI=1S/C29H43NO4/c1-3-22(19-24(31)20-34-25-11-5-4-6-12-25)26-17-18-28(32)27(26)13-7-9-21(2)10-8-14-29(33)30-23-15-16-23/h4-6,11-12,17-18,21-24,26-27,31H,3,7-10,13-16,19-20H2,1-2H3,(H,30,33). The van der Waals surface area contributed by atoms with E-state index >= 15 is 0 Å². The summed E-state index contributed by atoms with van der Waals surface area (Å²) in [5.74, 6) is 2.26. The lowest BCUT2D eigenvalue weighted by molar-refractivity contribution is -0.121. The molecule has 0 saturated heterocycles. The van der Waals surface area contributed by atoms with Crippen LogP contribution in [-0.2, 0) is 9.59 Å². The molecule has 0 heterocycles. The molecule has 1 amide bonds. The van der Waals surface area contributed by atoms with E-state index in [2.05, 4.69) is 25.2 Å².